The molecule has 0 atom stereocenters. The number of ether oxygens (including phenoxy) is 1. The molecule has 0 aliphatic heterocycles. The fourth-order valence-corrected chi connectivity index (χ4v) is 3.70. The number of hydrogen-bond donors (Lipinski definition) is 1. The SMILES string of the molecule is CCCCCCCCCCCOC[n+]1cccc(NCn2cnc3ccccc32)c1.[Cl-]. The van der Waals surface area contributed by atoms with Gasteiger partial charge in [0.25, 0.3) is 6.73 Å². The van der Waals surface area contributed by atoms with Gasteiger partial charge in [-0.1, -0.05) is 70.4 Å². The average Bonchev–Trinajstić information content (AvgIpc) is 3.19. The number of nitrogens with one attached hydrogen (secondary N) is 1. The lowest BCUT2D eigenvalue weighted by Crippen LogP contribution is -3.00. The van der Waals surface area contributed by atoms with Crippen LogP contribution in [0.3, 0.4) is 0 Å². The molecule has 0 spiro atoms. The molecule has 0 bridgehead atoms. The van der Waals surface area contributed by atoms with Crippen LogP contribution in [0.5, 0.6) is 0 Å². The molecule has 0 saturated heterocycles. The summed E-state index contributed by atoms with van der Waals surface area (Å²) in [7, 11) is 0. The molecule has 6 heteroatoms. The van der Waals surface area contributed by atoms with Gasteiger partial charge in [-0.3, -0.25) is 0 Å². The number of halogens is 1. The molecule has 2 aromatic heterocycles. The zero-order chi connectivity index (χ0) is 20.9. The summed E-state index contributed by atoms with van der Waals surface area (Å²) < 4.78 is 10.1. The molecule has 2 heterocycles. The molecule has 0 saturated carbocycles. The normalized spacial score (nSPS) is 10.9. The van der Waals surface area contributed by atoms with Gasteiger partial charge in [-0.15, -0.1) is 0 Å². The number of imidazole rings is 1. The quantitative estimate of drug-likeness (QED) is 0.289. The molecular formula is C25H37ClN4O. The van der Waals surface area contributed by atoms with Gasteiger partial charge >= 0.3 is 0 Å². The minimum atomic E-state index is 0. The maximum Gasteiger partial charge on any atom is 0.252 e. The Morgan fingerprint density at radius 3 is 2.48 bits per heavy atom. The second-order valence-electron chi connectivity index (χ2n) is 8.01. The van der Waals surface area contributed by atoms with Crippen molar-refractivity contribution < 1.29 is 21.7 Å². The van der Waals surface area contributed by atoms with Crippen molar-refractivity contribution in [2.75, 3.05) is 11.9 Å². The van der Waals surface area contributed by atoms with E-state index in [9.17, 15) is 0 Å². The standard InChI is InChI=1S/C25H37N4O.ClH/c1-2-3-4-5-6-7-8-9-12-18-30-22-28-17-13-14-23(19-28)26-20-29-21-27-24-15-10-11-16-25(24)29;/h10-11,13-17,19,21,26H,2-9,12,18,20,22H2,1H3;1H/q+1;/p-1. The first kappa shape index (κ1) is 25.2. The Kier molecular flexibility index (Phi) is 12.0. The number of hydrogen-bond acceptors (Lipinski definition) is 3. The molecule has 31 heavy (non-hydrogen) atoms. The number of benzene rings is 1. The van der Waals surface area contributed by atoms with Crippen LogP contribution in [0.25, 0.3) is 11.0 Å². The van der Waals surface area contributed by atoms with E-state index in [1.807, 2.05) is 30.7 Å². The molecule has 0 amide bonds. The van der Waals surface area contributed by atoms with Crippen molar-refractivity contribution in [3.8, 4) is 0 Å². The zero-order valence-electron chi connectivity index (χ0n) is 18.8. The maximum atomic E-state index is 5.86. The van der Waals surface area contributed by atoms with Gasteiger partial charge in [0.05, 0.1) is 30.6 Å². The molecule has 3 rings (SSSR count). The molecule has 1 aromatic carbocycles. The van der Waals surface area contributed by atoms with Crippen LogP contribution < -0.4 is 22.3 Å². The third-order valence-corrected chi connectivity index (χ3v) is 5.47. The number of pyridine rings is 1. The summed E-state index contributed by atoms with van der Waals surface area (Å²) in [4.78, 5) is 4.44. The number of rotatable bonds is 15. The van der Waals surface area contributed by atoms with Crippen molar-refractivity contribution in [1.29, 1.82) is 0 Å². The van der Waals surface area contributed by atoms with Gasteiger partial charge in [0.2, 0.25) is 0 Å². The highest BCUT2D eigenvalue weighted by atomic mass is 35.5. The second kappa shape index (κ2) is 14.8. The van der Waals surface area contributed by atoms with Crippen molar-refractivity contribution in [2.45, 2.75) is 78.1 Å². The first-order valence-corrected chi connectivity index (χ1v) is 11.6. The first-order chi connectivity index (χ1) is 14.9. The van der Waals surface area contributed by atoms with Crippen molar-refractivity contribution in [3.05, 3.63) is 55.1 Å². The maximum absolute atomic E-state index is 5.86. The first-order valence-electron chi connectivity index (χ1n) is 11.6. The monoisotopic (exact) mass is 444 g/mol. The van der Waals surface area contributed by atoms with Crippen LogP contribution in [-0.2, 0) is 18.1 Å². The number of anilines is 1. The molecule has 0 aliphatic rings. The Morgan fingerprint density at radius 1 is 0.935 bits per heavy atom. The van der Waals surface area contributed by atoms with E-state index in [1.54, 1.807) is 0 Å². The molecule has 1 N–H and O–H groups in total. The average molecular weight is 445 g/mol. The predicted molar refractivity (Wildman–Crippen MR) is 123 cm³/mol. The Labute approximate surface area is 193 Å². The van der Waals surface area contributed by atoms with E-state index in [-0.39, 0.29) is 12.4 Å². The third kappa shape index (κ3) is 8.88. The van der Waals surface area contributed by atoms with Crippen LogP contribution in [0.15, 0.2) is 55.1 Å². The number of nitrogens with zero attached hydrogens (tertiary/aromatic N) is 3. The van der Waals surface area contributed by atoms with E-state index in [0.29, 0.717) is 13.4 Å². The topological polar surface area (TPSA) is 43.0 Å². The summed E-state index contributed by atoms with van der Waals surface area (Å²) in [5.41, 5.74) is 3.23. The van der Waals surface area contributed by atoms with Gasteiger partial charge < -0.3 is 27.0 Å². The largest absolute Gasteiger partial charge is 1.00 e. The van der Waals surface area contributed by atoms with Crippen molar-refractivity contribution >= 4 is 16.7 Å². The predicted octanol–water partition coefficient (Wildman–Crippen LogP) is 2.90. The van der Waals surface area contributed by atoms with E-state index in [1.165, 1.54) is 51.4 Å². The van der Waals surface area contributed by atoms with Crippen molar-refractivity contribution in [3.63, 3.8) is 0 Å². The van der Waals surface area contributed by atoms with Crippen molar-refractivity contribution in [2.24, 2.45) is 0 Å². The van der Waals surface area contributed by atoms with Gasteiger partial charge in [0.15, 0.2) is 12.4 Å². The lowest BCUT2D eigenvalue weighted by Gasteiger charge is -2.08. The van der Waals surface area contributed by atoms with Gasteiger partial charge in [-0.25, -0.2) is 4.98 Å². The molecule has 5 nitrogen and oxygen atoms in total. The van der Waals surface area contributed by atoms with E-state index in [4.69, 9.17) is 4.74 Å². The van der Waals surface area contributed by atoms with Crippen LogP contribution in [0.4, 0.5) is 5.69 Å². The minimum Gasteiger partial charge on any atom is -1.00 e. The summed E-state index contributed by atoms with van der Waals surface area (Å²) in [5, 5.41) is 3.47. The summed E-state index contributed by atoms with van der Waals surface area (Å²) in [6, 6.07) is 12.3. The fraction of sp³-hybridized carbons (Fsp3) is 0.520. The van der Waals surface area contributed by atoms with Gasteiger partial charge in [-0.05, 0) is 24.6 Å². The third-order valence-electron chi connectivity index (χ3n) is 5.47. The Bertz CT molecular complexity index is 867. The molecule has 0 radical (unpaired) electrons. The summed E-state index contributed by atoms with van der Waals surface area (Å²) in [6.45, 7) is 4.39. The van der Waals surface area contributed by atoms with Gasteiger partial charge in [-0.2, -0.15) is 4.57 Å². The van der Waals surface area contributed by atoms with E-state index >= 15 is 0 Å². The van der Waals surface area contributed by atoms with E-state index in [0.717, 1.165) is 29.7 Å². The molecule has 0 fully saturated rings. The molecular weight excluding hydrogens is 408 g/mol. The molecule has 0 aliphatic carbocycles. The van der Waals surface area contributed by atoms with Crippen LogP contribution in [0.1, 0.15) is 64.7 Å². The number of fused-ring (bicyclic) bond motifs is 1. The van der Waals surface area contributed by atoms with Crippen LogP contribution in [0, 0.1) is 0 Å². The summed E-state index contributed by atoms with van der Waals surface area (Å²) in [5.74, 6) is 0. The molecule has 170 valence electrons. The smallest absolute Gasteiger partial charge is 0.252 e. The summed E-state index contributed by atoms with van der Waals surface area (Å²) >= 11 is 0. The van der Waals surface area contributed by atoms with Crippen molar-refractivity contribution in [1.82, 2.24) is 9.55 Å². The van der Waals surface area contributed by atoms with E-state index in [2.05, 4.69) is 50.8 Å². The number of para-hydroxylation sites is 2. The summed E-state index contributed by atoms with van der Waals surface area (Å²) in [6.07, 6.45) is 18.1. The Hall–Kier alpha value is -2.11. The fourth-order valence-electron chi connectivity index (χ4n) is 3.70. The van der Waals surface area contributed by atoms with Crippen LogP contribution in [-0.4, -0.2) is 16.2 Å². The van der Waals surface area contributed by atoms with Gasteiger partial charge in [0, 0.05) is 6.07 Å². The Balaban J connectivity index is 0.00000341. The zero-order valence-corrected chi connectivity index (χ0v) is 19.6. The lowest BCUT2D eigenvalue weighted by atomic mass is 10.1. The lowest BCUT2D eigenvalue weighted by molar-refractivity contribution is -0.732. The molecule has 3 aromatic rings. The highest BCUT2D eigenvalue weighted by molar-refractivity contribution is 5.74. The molecule has 0 unspecified atom stereocenters. The van der Waals surface area contributed by atoms with Crippen LogP contribution >= 0.6 is 0 Å². The second-order valence-corrected chi connectivity index (χ2v) is 8.01. The number of unbranched alkanes of at least 4 members (excludes halogenated alkanes) is 8. The highest BCUT2D eigenvalue weighted by Crippen LogP contribution is 2.12. The van der Waals surface area contributed by atoms with Gasteiger partial charge in [0.1, 0.15) is 5.69 Å². The Morgan fingerprint density at radius 2 is 1.68 bits per heavy atom. The van der Waals surface area contributed by atoms with E-state index < -0.39 is 0 Å². The highest BCUT2D eigenvalue weighted by Gasteiger charge is 2.05. The van der Waals surface area contributed by atoms with Crippen LogP contribution in [0.2, 0.25) is 0 Å². The number of aromatic nitrogens is 3. The minimum absolute atomic E-state index is 0.